The Kier molecular flexibility index (Phi) is 5.00. The van der Waals surface area contributed by atoms with Crippen LogP contribution < -0.4 is 0 Å². The van der Waals surface area contributed by atoms with E-state index in [4.69, 9.17) is 4.42 Å². The summed E-state index contributed by atoms with van der Waals surface area (Å²) in [6.07, 6.45) is 1.96. The van der Waals surface area contributed by atoms with Crippen LogP contribution in [0.2, 0.25) is 0 Å². The molecule has 0 aliphatic heterocycles. The fourth-order valence-electron chi connectivity index (χ4n) is 1.43. The van der Waals surface area contributed by atoms with E-state index in [1.54, 1.807) is 13.0 Å². The third-order valence-corrected chi connectivity index (χ3v) is 3.21. The van der Waals surface area contributed by atoms with Gasteiger partial charge in [0.1, 0.15) is 17.1 Å². The SMILES string of the molecule is COC(=O)c1cc(C=C(CBr)C(C)C)oc1C. The summed E-state index contributed by atoms with van der Waals surface area (Å²) in [5, 5.41) is 0.790. The Hall–Kier alpha value is -1.03. The minimum absolute atomic E-state index is 0.365. The zero-order chi connectivity index (χ0) is 13.0. The molecule has 1 aromatic heterocycles. The molecule has 0 radical (unpaired) electrons. The van der Waals surface area contributed by atoms with Crippen LogP contribution >= 0.6 is 15.9 Å². The maximum Gasteiger partial charge on any atom is 0.341 e. The predicted molar refractivity (Wildman–Crippen MR) is 71.4 cm³/mol. The zero-order valence-electron chi connectivity index (χ0n) is 10.5. The predicted octanol–water partition coefficient (Wildman–Crippen LogP) is 3.81. The molecular weight excluding hydrogens is 284 g/mol. The second-order valence-electron chi connectivity index (χ2n) is 4.12. The molecule has 0 amide bonds. The number of allylic oxidation sites excluding steroid dienone is 1. The Labute approximate surface area is 110 Å². The van der Waals surface area contributed by atoms with Gasteiger partial charge < -0.3 is 9.15 Å². The molecule has 0 atom stereocenters. The summed E-state index contributed by atoms with van der Waals surface area (Å²) in [6, 6.07) is 1.71. The van der Waals surface area contributed by atoms with E-state index in [0.717, 1.165) is 5.33 Å². The van der Waals surface area contributed by atoms with E-state index in [2.05, 4.69) is 34.5 Å². The lowest BCUT2D eigenvalue weighted by Crippen LogP contribution is -2.00. The van der Waals surface area contributed by atoms with E-state index in [0.29, 0.717) is 23.0 Å². The van der Waals surface area contributed by atoms with Crippen LogP contribution in [0.3, 0.4) is 0 Å². The van der Waals surface area contributed by atoms with E-state index in [-0.39, 0.29) is 5.97 Å². The number of ether oxygens (including phenoxy) is 1. The maximum absolute atomic E-state index is 11.4. The molecule has 0 bridgehead atoms. The third-order valence-electron chi connectivity index (χ3n) is 2.57. The van der Waals surface area contributed by atoms with Crippen molar-refractivity contribution in [3.8, 4) is 0 Å². The molecule has 1 rings (SSSR count). The minimum Gasteiger partial charge on any atom is -0.465 e. The van der Waals surface area contributed by atoms with Crippen molar-refractivity contribution in [2.45, 2.75) is 20.8 Å². The number of hydrogen-bond acceptors (Lipinski definition) is 3. The number of aryl methyl sites for hydroxylation is 1. The first-order valence-corrected chi connectivity index (χ1v) is 6.57. The number of furan rings is 1. The van der Waals surface area contributed by atoms with Gasteiger partial charge in [-0.05, 0) is 25.0 Å². The van der Waals surface area contributed by atoms with E-state index < -0.39 is 0 Å². The van der Waals surface area contributed by atoms with Crippen molar-refractivity contribution in [3.63, 3.8) is 0 Å². The number of alkyl halides is 1. The van der Waals surface area contributed by atoms with Gasteiger partial charge in [-0.3, -0.25) is 0 Å². The van der Waals surface area contributed by atoms with Crippen LogP contribution in [0.5, 0.6) is 0 Å². The number of hydrogen-bond donors (Lipinski definition) is 0. The Morgan fingerprint density at radius 1 is 1.59 bits per heavy atom. The van der Waals surface area contributed by atoms with Crippen LogP contribution in [-0.4, -0.2) is 18.4 Å². The summed E-state index contributed by atoms with van der Waals surface area (Å²) in [5.74, 6) is 1.34. The number of carbonyl (C=O) groups is 1. The van der Waals surface area contributed by atoms with Gasteiger partial charge >= 0.3 is 5.97 Å². The van der Waals surface area contributed by atoms with Crippen LogP contribution in [0.15, 0.2) is 16.1 Å². The van der Waals surface area contributed by atoms with Crippen LogP contribution in [0, 0.1) is 12.8 Å². The first-order valence-electron chi connectivity index (χ1n) is 5.44. The number of methoxy groups -OCH3 is 1. The van der Waals surface area contributed by atoms with Crippen molar-refractivity contribution >= 4 is 28.0 Å². The van der Waals surface area contributed by atoms with Crippen molar-refractivity contribution in [2.24, 2.45) is 5.92 Å². The Balaban J connectivity index is 3.05. The van der Waals surface area contributed by atoms with Gasteiger partial charge in [-0.15, -0.1) is 0 Å². The highest BCUT2D eigenvalue weighted by Crippen LogP contribution is 2.21. The van der Waals surface area contributed by atoms with Crippen LogP contribution in [0.1, 0.15) is 35.7 Å². The molecule has 17 heavy (non-hydrogen) atoms. The highest BCUT2D eigenvalue weighted by Gasteiger charge is 2.14. The third kappa shape index (κ3) is 3.46. The van der Waals surface area contributed by atoms with Crippen molar-refractivity contribution in [2.75, 3.05) is 12.4 Å². The second kappa shape index (κ2) is 6.05. The Bertz CT molecular complexity index is 430. The summed E-state index contributed by atoms with van der Waals surface area (Å²) in [4.78, 5) is 11.4. The lowest BCUT2D eigenvalue weighted by molar-refractivity contribution is 0.0599. The van der Waals surface area contributed by atoms with Gasteiger partial charge in [-0.2, -0.15) is 0 Å². The molecule has 1 heterocycles. The highest BCUT2D eigenvalue weighted by molar-refractivity contribution is 9.09. The molecule has 0 saturated heterocycles. The molecule has 0 fully saturated rings. The molecule has 0 aliphatic rings. The molecule has 94 valence electrons. The molecule has 0 unspecified atom stereocenters. The summed E-state index contributed by atoms with van der Waals surface area (Å²) >= 11 is 3.44. The minimum atomic E-state index is -0.365. The number of halogens is 1. The fraction of sp³-hybridized carbons (Fsp3) is 0.462. The number of rotatable bonds is 4. The first kappa shape index (κ1) is 14.0. The van der Waals surface area contributed by atoms with Crippen molar-refractivity contribution < 1.29 is 13.9 Å². The summed E-state index contributed by atoms with van der Waals surface area (Å²) < 4.78 is 10.2. The standard InChI is InChI=1S/C13H17BrO3/c1-8(2)10(7-14)5-11-6-12(9(3)17-11)13(15)16-4/h5-6,8H,7H2,1-4H3. The first-order chi connectivity index (χ1) is 7.99. The Morgan fingerprint density at radius 3 is 2.71 bits per heavy atom. The van der Waals surface area contributed by atoms with E-state index in [9.17, 15) is 4.79 Å². The van der Waals surface area contributed by atoms with Crippen molar-refractivity contribution in [1.82, 2.24) is 0 Å². The summed E-state index contributed by atoms with van der Waals surface area (Å²) in [7, 11) is 1.36. The van der Waals surface area contributed by atoms with E-state index in [1.807, 2.05) is 6.08 Å². The normalized spacial score (nSPS) is 12.0. The highest BCUT2D eigenvalue weighted by atomic mass is 79.9. The number of esters is 1. The fourth-order valence-corrected chi connectivity index (χ4v) is 2.24. The van der Waals surface area contributed by atoms with Gasteiger partial charge in [0.2, 0.25) is 0 Å². The topological polar surface area (TPSA) is 39.4 Å². The molecule has 3 nitrogen and oxygen atoms in total. The van der Waals surface area contributed by atoms with Crippen LogP contribution in [0.4, 0.5) is 0 Å². The van der Waals surface area contributed by atoms with Crippen LogP contribution in [0.25, 0.3) is 6.08 Å². The van der Waals surface area contributed by atoms with Gasteiger partial charge in [0, 0.05) is 5.33 Å². The molecule has 0 N–H and O–H groups in total. The largest absolute Gasteiger partial charge is 0.465 e. The van der Waals surface area contributed by atoms with Crippen molar-refractivity contribution in [1.29, 1.82) is 0 Å². The maximum atomic E-state index is 11.4. The molecule has 0 saturated carbocycles. The molecule has 0 aromatic carbocycles. The van der Waals surface area contributed by atoms with Crippen molar-refractivity contribution in [3.05, 3.63) is 28.7 Å². The van der Waals surface area contributed by atoms with E-state index >= 15 is 0 Å². The molecule has 0 spiro atoms. The van der Waals surface area contributed by atoms with E-state index in [1.165, 1.54) is 12.7 Å². The summed E-state index contributed by atoms with van der Waals surface area (Å²) in [5.41, 5.74) is 1.70. The summed E-state index contributed by atoms with van der Waals surface area (Å²) in [6.45, 7) is 5.99. The van der Waals surface area contributed by atoms with Gasteiger partial charge in [-0.25, -0.2) is 4.79 Å². The molecule has 4 heteroatoms. The smallest absolute Gasteiger partial charge is 0.341 e. The molecular formula is C13H17BrO3. The van der Waals surface area contributed by atoms with Gasteiger partial charge in [0.15, 0.2) is 0 Å². The average Bonchev–Trinajstić information content (AvgIpc) is 2.65. The van der Waals surface area contributed by atoms with Gasteiger partial charge in [0.25, 0.3) is 0 Å². The lowest BCUT2D eigenvalue weighted by atomic mass is 10.0. The number of carbonyl (C=O) groups excluding carboxylic acids is 1. The molecule has 1 aromatic rings. The quantitative estimate of drug-likeness (QED) is 0.627. The van der Waals surface area contributed by atoms with Crippen LogP contribution in [-0.2, 0) is 4.74 Å². The van der Waals surface area contributed by atoms with Gasteiger partial charge in [0.05, 0.1) is 7.11 Å². The second-order valence-corrected chi connectivity index (χ2v) is 4.68. The monoisotopic (exact) mass is 300 g/mol. The lowest BCUT2D eigenvalue weighted by Gasteiger charge is -2.05. The molecule has 0 aliphatic carbocycles. The Morgan fingerprint density at radius 2 is 2.24 bits per heavy atom. The average molecular weight is 301 g/mol. The zero-order valence-corrected chi connectivity index (χ0v) is 12.1. The van der Waals surface area contributed by atoms with Gasteiger partial charge in [-0.1, -0.05) is 35.4 Å².